The van der Waals surface area contributed by atoms with Crippen LogP contribution in [0.4, 0.5) is 5.69 Å². The van der Waals surface area contributed by atoms with Gasteiger partial charge in [-0.1, -0.05) is 35.3 Å². The van der Waals surface area contributed by atoms with Gasteiger partial charge in [-0.25, -0.2) is 8.42 Å². The van der Waals surface area contributed by atoms with Crippen molar-refractivity contribution in [3.63, 3.8) is 0 Å². The second-order valence-electron chi connectivity index (χ2n) is 3.82. The van der Waals surface area contributed by atoms with E-state index < -0.39 is 10.0 Å². The summed E-state index contributed by atoms with van der Waals surface area (Å²) in [4.78, 5) is -0.0739. The molecule has 4 nitrogen and oxygen atoms in total. The predicted octanol–water partition coefficient (Wildman–Crippen LogP) is 4.26. The largest absolute Gasteiger partial charge is 0.506 e. The first-order valence-electron chi connectivity index (χ1n) is 5.26. The average Bonchev–Trinajstić information content (AvgIpc) is 2.36. The van der Waals surface area contributed by atoms with Crippen LogP contribution in [0.15, 0.2) is 45.8 Å². The number of hydrogen-bond acceptors (Lipinski definition) is 3. The zero-order chi connectivity index (χ0) is 14.9. The van der Waals surface area contributed by atoms with Crippen LogP contribution in [0.3, 0.4) is 0 Å². The maximum Gasteiger partial charge on any atom is 0.263 e. The highest BCUT2D eigenvalue weighted by Gasteiger charge is 2.20. The fourth-order valence-corrected chi connectivity index (χ4v) is 4.14. The molecule has 0 aliphatic heterocycles. The predicted molar refractivity (Wildman–Crippen MR) is 83.1 cm³/mol. The first-order valence-corrected chi connectivity index (χ1v) is 8.30. The van der Waals surface area contributed by atoms with E-state index in [2.05, 4.69) is 20.7 Å². The number of phenolic OH excluding ortho intramolecular Hbond substituents is 1. The van der Waals surface area contributed by atoms with Gasteiger partial charge < -0.3 is 5.11 Å². The first-order chi connectivity index (χ1) is 9.31. The Kier molecular flexibility index (Phi) is 4.49. The van der Waals surface area contributed by atoms with Crippen molar-refractivity contribution < 1.29 is 13.5 Å². The third-order valence-electron chi connectivity index (χ3n) is 2.41. The minimum atomic E-state index is -3.91. The molecule has 0 amide bonds. The van der Waals surface area contributed by atoms with Gasteiger partial charge in [-0.15, -0.1) is 0 Å². The molecule has 0 saturated carbocycles. The highest BCUT2D eigenvalue weighted by atomic mass is 79.9. The number of rotatable bonds is 3. The fourth-order valence-electron chi connectivity index (χ4n) is 1.47. The molecule has 0 saturated heterocycles. The topological polar surface area (TPSA) is 66.4 Å². The van der Waals surface area contributed by atoms with Crippen LogP contribution in [-0.4, -0.2) is 13.5 Å². The standard InChI is InChI=1S/C12H8BrCl2NO3S/c13-7-5-8(14)9(15)6-12(7)20(18,19)16-10-3-1-2-4-11(10)17/h1-6,16-17H. The number of anilines is 1. The van der Waals surface area contributed by atoms with Gasteiger partial charge in [0.2, 0.25) is 0 Å². The lowest BCUT2D eigenvalue weighted by atomic mass is 10.3. The maximum absolute atomic E-state index is 12.3. The van der Waals surface area contributed by atoms with Crippen molar-refractivity contribution in [1.82, 2.24) is 0 Å². The molecule has 0 aromatic heterocycles. The molecule has 0 heterocycles. The fraction of sp³-hybridized carbons (Fsp3) is 0. The van der Waals surface area contributed by atoms with Crippen LogP contribution in [0.2, 0.25) is 10.0 Å². The smallest absolute Gasteiger partial charge is 0.263 e. The van der Waals surface area contributed by atoms with Crippen molar-refractivity contribution in [2.45, 2.75) is 4.90 Å². The molecule has 0 radical (unpaired) electrons. The lowest BCUT2D eigenvalue weighted by Gasteiger charge is -2.11. The molecule has 2 aromatic rings. The van der Waals surface area contributed by atoms with Gasteiger partial charge in [0.05, 0.1) is 15.7 Å². The van der Waals surface area contributed by atoms with Crippen molar-refractivity contribution in [2.24, 2.45) is 0 Å². The molecule has 0 spiro atoms. The van der Waals surface area contributed by atoms with Gasteiger partial charge in [-0.2, -0.15) is 0 Å². The Morgan fingerprint density at radius 3 is 2.35 bits per heavy atom. The average molecular weight is 397 g/mol. The zero-order valence-corrected chi connectivity index (χ0v) is 13.7. The molecular formula is C12H8BrCl2NO3S. The Morgan fingerprint density at radius 1 is 1.10 bits per heavy atom. The minimum Gasteiger partial charge on any atom is -0.506 e. The lowest BCUT2D eigenvalue weighted by molar-refractivity contribution is 0.477. The van der Waals surface area contributed by atoms with Gasteiger partial charge in [0, 0.05) is 4.47 Å². The third kappa shape index (κ3) is 3.20. The highest BCUT2D eigenvalue weighted by Crippen LogP contribution is 2.33. The van der Waals surface area contributed by atoms with Crippen LogP contribution in [-0.2, 0) is 10.0 Å². The van der Waals surface area contributed by atoms with E-state index in [1.165, 1.54) is 24.3 Å². The maximum atomic E-state index is 12.3. The molecule has 0 fully saturated rings. The van der Waals surface area contributed by atoms with E-state index in [0.717, 1.165) is 0 Å². The molecular weight excluding hydrogens is 389 g/mol. The van der Waals surface area contributed by atoms with Crippen molar-refractivity contribution in [3.05, 3.63) is 50.9 Å². The SMILES string of the molecule is O=S(=O)(Nc1ccccc1O)c1cc(Cl)c(Cl)cc1Br. The number of nitrogens with one attached hydrogen (secondary N) is 1. The summed E-state index contributed by atoms with van der Waals surface area (Å²) in [5.74, 6) is -0.174. The van der Waals surface area contributed by atoms with Crippen molar-refractivity contribution >= 4 is 54.8 Å². The van der Waals surface area contributed by atoms with Crippen molar-refractivity contribution in [1.29, 1.82) is 0 Å². The molecule has 20 heavy (non-hydrogen) atoms. The molecule has 0 bridgehead atoms. The van der Waals surface area contributed by atoms with Crippen LogP contribution in [0, 0.1) is 0 Å². The number of sulfonamides is 1. The summed E-state index contributed by atoms with van der Waals surface area (Å²) in [6.07, 6.45) is 0. The van der Waals surface area contributed by atoms with E-state index in [1.54, 1.807) is 12.1 Å². The van der Waals surface area contributed by atoms with Crippen LogP contribution < -0.4 is 4.72 Å². The van der Waals surface area contributed by atoms with E-state index >= 15 is 0 Å². The Labute approximate surface area is 134 Å². The summed E-state index contributed by atoms with van der Waals surface area (Å²) in [6, 6.07) is 8.63. The molecule has 2 rings (SSSR count). The van der Waals surface area contributed by atoms with E-state index in [1.807, 2.05) is 0 Å². The Balaban J connectivity index is 2.47. The van der Waals surface area contributed by atoms with Gasteiger partial charge in [0.15, 0.2) is 0 Å². The number of para-hydroxylation sites is 2. The lowest BCUT2D eigenvalue weighted by Crippen LogP contribution is -2.13. The Bertz CT molecular complexity index is 765. The van der Waals surface area contributed by atoms with Gasteiger partial charge in [0.1, 0.15) is 10.6 Å². The monoisotopic (exact) mass is 395 g/mol. The second kappa shape index (κ2) is 5.81. The van der Waals surface area contributed by atoms with E-state index in [4.69, 9.17) is 23.2 Å². The summed E-state index contributed by atoms with van der Waals surface area (Å²) in [7, 11) is -3.91. The van der Waals surface area contributed by atoms with E-state index in [9.17, 15) is 13.5 Å². The molecule has 0 atom stereocenters. The molecule has 8 heteroatoms. The summed E-state index contributed by atoms with van der Waals surface area (Å²) in [5, 5.41) is 9.96. The minimum absolute atomic E-state index is 0.0739. The molecule has 0 unspecified atom stereocenters. The van der Waals surface area contributed by atoms with Crippen LogP contribution in [0.5, 0.6) is 5.75 Å². The highest BCUT2D eigenvalue weighted by molar-refractivity contribution is 9.10. The van der Waals surface area contributed by atoms with Gasteiger partial charge in [-0.05, 0) is 40.2 Å². The van der Waals surface area contributed by atoms with Gasteiger partial charge in [-0.3, -0.25) is 4.72 Å². The van der Waals surface area contributed by atoms with Crippen LogP contribution in [0.1, 0.15) is 0 Å². The second-order valence-corrected chi connectivity index (χ2v) is 7.14. The summed E-state index contributed by atoms with van der Waals surface area (Å²) in [6.45, 7) is 0. The quantitative estimate of drug-likeness (QED) is 0.601. The summed E-state index contributed by atoms with van der Waals surface area (Å²) in [5.41, 5.74) is 0.0745. The number of phenols is 1. The molecule has 0 aliphatic carbocycles. The van der Waals surface area contributed by atoms with E-state index in [0.29, 0.717) is 0 Å². The third-order valence-corrected chi connectivity index (χ3v) is 5.46. The molecule has 2 aromatic carbocycles. The Morgan fingerprint density at radius 2 is 1.70 bits per heavy atom. The Hall–Kier alpha value is -0.950. The molecule has 0 aliphatic rings. The van der Waals surface area contributed by atoms with Gasteiger partial charge >= 0.3 is 0 Å². The number of aromatic hydroxyl groups is 1. The summed E-state index contributed by atoms with van der Waals surface area (Å²) < 4.78 is 27.1. The van der Waals surface area contributed by atoms with Crippen molar-refractivity contribution in [2.75, 3.05) is 4.72 Å². The number of benzene rings is 2. The number of hydrogen-bond donors (Lipinski definition) is 2. The summed E-state index contributed by atoms with van der Waals surface area (Å²) >= 11 is 14.8. The molecule has 2 N–H and O–H groups in total. The van der Waals surface area contributed by atoms with Gasteiger partial charge in [0.25, 0.3) is 10.0 Å². The van der Waals surface area contributed by atoms with Crippen LogP contribution in [0.25, 0.3) is 0 Å². The van der Waals surface area contributed by atoms with Crippen LogP contribution >= 0.6 is 39.1 Å². The first kappa shape index (κ1) is 15.4. The van der Waals surface area contributed by atoms with E-state index in [-0.39, 0.29) is 30.9 Å². The normalized spacial score (nSPS) is 11.3. The molecule has 106 valence electrons. The zero-order valence-electron chi connectivity index (χ0n) is 9.77. The number of halogens is 3. The van der Waals surface area contributed by atoms with Crippen molar-refractivity contribution in [3.8, 4) is 5.75 Å².